The third-order valence-electron chi connectivity index (χ3n) is 4.10. The molecule has 22 heavy (non-hydrogen) atoms. The maximum Gasteiger partial charge on any atom is 0.255 e. The summed E-state index contributed by atoms with van der Waals surface area (Å²) < 4.78 is 11.7. The first-order valence-electron chi connectivity index (χ1n) is 7.17. The van der Waals surface area contributed by atoms with Crippen molar-refractivity contribution in [3.63, 3.8) is 0 Å². The second kappa shape index (κ2) is 5.32. The van der Waals surface area contributed by atoms with E-state index in [0.29, 0.717) is 18.7 Å². The molecular weight excluding hydrogens is 346 g/mol. The lowest BCUT2D eigenvalue weighted by Gasteiger charge is -2.29. The number of carbonyl (C=O) groups excluding carboxylic acids is 1. The molecule has 112 valence electrons. The number of benzene rings is 2. The summed E-state index contributed by atoms with van der Waals surface area (Å²) in [5, 5.41) is 0. The number of ether oxygens (including phenoxy) is 2. The fraction of sp³-hybridized carbons (Fsp3) is 0.235. The quantitative estimate of drug-likeness (QED) is 0.783. The minimum Gasteiger partial charge on any atom is -0.454 e. The second-order valence-electron chi connectivity index (χ2n) is 5.43. The van der Waals surface area contributed by atoms with E-state index in [9.17, 15) is 4.79 Å². The summed E-state index contributed by atoms with van der Waals surface area (Å²) >= 11 is 3.45. The average Bonchev–Trinajstić information content (AvgIpc) is 2.99. The van der Waals surface area contributed by atoms with Crippen molar-refractivity contribution in [1.29, 1.82) is 0 Å². The molecule has 1 amide bonds. The van der Waals surface area contributed by atoms with Crippen LogP contribution < -0.4 is 9.47 Å². The summed E-state index contributed by atoms with van der Waals surface area (Å²) in [6.07, 6.45) is 0.835. The lowest BCUT2D eigenvalue weighted by atomic mass is 9.98. The number of nitrogens with zero attached hydrogens (tertiary/aromatic N) is 1. The molecule has 4 rings (SSSR count). The van der Waals surface area contributed by atoms with Gasteiger partial charge in [-0.2, -0.15) is 0 Å². The Kier molecular flexibility index (Phi) is 3.30. The Hall–Kier alpha value is -2.01. The monoisotopic (exact) mass is 359 g/mol. The predicted molar refractivity (Wildman–Crippen MR) is 85.2 cm³/mol. The Balaban J connectivity index is 1.62. The van der Waals surface area contributed by atoms with E-state index in [-0.39, 0.29) is 12.7 Å². The molecule has 0 radical (unpaired) electrons. The molecule has 2 aromatic rings. The van der Waals surface area contributed by atoms with Crippen molar-refractivity contribution in [2.45, 2.75) is 13.0 Å². The third-order valence-corrected chi connectivity index (χ3v) is 4.79. The minimum absolute atomic E-state index is 0.0517. The van der Waals surface area contributed by atoms with Gasteiger partial charge >= 0.3 is 0 Å². The molecule has 0 aromatic heterocycles. The van der Waals surface area contributed by atoms with Crippen LogP contribution in [0.2, 0.25) is 0 Å². The summed E-state index contributed by atoms with van der Waals surface area (Å²) in [6.45, 7) is 1.59. The van der Waals surface area contributed by atoms with Crippen LogP contribution in [0.5, 0.6) is 11.5 Å². The third kappa shape index (κ3) is 2.25. The van der Waals surface area contributed by atoms with Crippen LogP contribution in [-0.2, 0) is 13.0 Å². The number of amides is 1. The van der Waals surface area contributed by atoms with Gasteiger partial charge in [0, 0.05) is 17.6 Å². The number of hydrogen-bond acceptors (Lipinski definition) is 3. The van der Waals surface area contributed by atoms with Crippen molar-refractivity contribution in [3.05, 3.63) is 57.6 Å². The van der Waals surface area contributed by atoms with Crippen LogP contribution in [0.3, 0.4) is 0 Å². The normalized spacial score (nSPS) is 15.6. The van der Waals surface area contributed by atoms with E-state index >= 15 is 0 Å². The van der Waals surface area contributed by atoms with Gasteiger partial charge in [0.15, 0.2) is 11.5 Å². The van der Waals surface area contributed by atoms with Crippen LogP contribution in [0, 0.1) is 0 Å². The van der Waals surface area contributed by atoms with Gasteiger partial charge < -0.3 is 14.4 Å². The fourth-order valence-corrected chi connectivity index (χ4v) is 3.38. The van der Waals surface area contributed by atoms with Crippen LogP contribution in [0.25, 0.3) is 0 Å². The highest BCUT2D eigenvalue weighted by molar-refractivity contribution is 9.10. The molecule has 5 heteroatoms. The van der Waals surface area contributed by atoms with E-state index in [1.807, 2.05) is 41.3 Å². The molecule has 0 unspecified atom stereocenters. The van der Waals surface area contributed by atoms with Gasteiger partial charge in [-0.15, -0.1) is 0 Å². The second-order valence-corrected chi connectivity index (χ2v) is 6.29. The average molecular weight is 360 g/mol. The van der Waals surface area contributed by atoms with Crippen LogP contribution >= 0.6 is 15.9 Å². The number of carbonyl (C=O) groups is 1. The minimum atomic E-state index is 0.0517. The van der Waals surface area contributed by atoms with Crippen molar-refractivity contribution in [2.75, 3.05) is 13.3 Å². The summed E-state index contributed by atoms with van der Waals surface area (Å²) in [7, 11) is 0. The van der Waals surface area contributed by atoms with Crippen molar-refractivity contribution < 1.29 is 14.3 Å². The highest BCUT2D eigenvalue weighted by Crippen LogP contribution is 2.37. The number of rotatable bonds is 1. The largest absolute Gasteiger partial charge is 0.454 e. The summed E-state index contributed by atoms with van der Waals surface area (Å²) in [5.41, 5.74) is 3.07. The number of halogens is 1. The molecule has 2 aliphatic heterocycles. The maximum atomic E-state index is 12.7. The molecule has 2 aromatic carbocycles. The number of hydrogen-bond donors (Lipinski definition) is 0. The molecule has 0 atom stereocenters. The Labute approximate surface area is 136 Å². The van der Waals surface area contributed by atoms with E-state index in [0.717, 1.165) is 28.0 Å². The summed E-state index contributed by atoms with van der Waals surface area (Å²) in [6, 6.07) is 11.6. The van der Waals surface area contributed by atoms with Gasteiger partial charge in [-0.3, -0.25) is 4.79 Å². The molecular formula is C17H14BrNO3. The highest BCUT2D eigenvalue weighted by Gasteiger charge is 2.26. The Morgan fingerprint density at radius 2 is 1.82 bits per heavy atom. The molecule has 2 heterocycles. The number of fused-ring (bicyclic) bond motifs is 2. The van der Waals surface area contributed by atoms with Gasteiger partial charge in [-0.05, 0) is 57.7 Å². The molecule has 4 nitrogen and oxygen atoms in total. The Bertz CT molecular complexity index is 760. The first-order valence-corrected chi connectivity index (χ1v) is 7.97. The summed E-state index contributed by atoms with van der Waals surface area (Å²) in [5.74, 6) is 1.63. The predicted octanol–water partition coefficient (Wildman–Crippen LogP) is 3.38. The molecule has 0 spiro atoms. The zero-order valence-corrected chi connectivity index (χ0v) is 13.4. The van der Waals surface area contributed by atoms with Gasteiger partial charge in [0.25, 0.3) is 5.91 Å². The SMILES string of the molecule is O=C(c1ccccc1Br)N1CCc2cc3c(cc2C1)OCO3. The van der Waals surface area contributed by atoms with Crippen LogP contribution in [0.15, 0.2) is 40.9 Å². The zero-order chi connectivity index (χ0) is 15.1. The standard InChI is InChI=1S/C17H14BrNO3/c18-14-4-2-1-3-13(14)17(20)19-6-5-11-7-15-16(22-10-21-15)8-12(11)9-19/h1-4,7-8H,5-6,9-10H2. The lowest BCUT2D eigenvalue weighted by Crippen LogP contribution is -2.36. The first-order chi connectivity index (χ1) is 10.7. The van der Waals surface area contributed by atoms with Crippen LogP contribution in [-0.4, -0.2) is 24.1 Å². The van der Waals surface area contributed by atoms with Crippen molar-refractivity contribution in [2.24, 2.45) is 0 Å². The zero-order valence-electron chi connectivity index (χ0n) is 11.8. The molecule has 0 aliphatic carbocycles. The van der Waals surface area contributed by atoms with E-state index in [2.05, 4.69) is 15.9 Å². The maximum absolute atomic E-state index is 12.7. The fourth-order valence-electron chi connectivity index (χ4n) is 2.92. The van der Waals surface area contributed by atoms with Crippen molar-refractivity contribution >= 4 is 21.8 Å². The van der Waals surface area contributed by atoms with Gasteiger partial charge in [0.1, 0.15) is 0 Å². The first kappa shape index (κ1) is 13.6. The van der Waals surface area contributed by atoms with Gasteiger partial charge in [-0.1, -0.05) is 12.1 Å². The molecule has 0 saturated carbocycles. The molecule has 0 fully saturated rings. The van der Waals surface area contributed by atoms with E-state index in [4.69, 9.17) is 9.47 Å². The highest BCUT2D eigenvalue weighted by atomic mass is 79.9. The van der Waals surface area contributed by atoms with Crippen LogP contribution in [0.1, 0.15) is 21.5 Å². The Morgan fingerprint density at radius 3 is 2.59 bits per heavy atom. The summed E-state index contributed by atoms with van der Waals surface area (Å²) in [4.78, 5) is 14.6. The molecule has 2 aliphatic rings. The van der Waals surface area contributed by atoms with Crippen LogP contribution in [0.4, 0.5) is 0 Å². The molecule has 0 saturated heterocycles. The van der Waals surface area contributed by atoms with Gasteiger partial charge in [0.2, 0.25) is 6.79 Å². The molecule has 0 N–H and O–H groups in total. The smallest absolute Gasteiger partial charge is 0.255 e. The van der Waals surface area contributed by atoms with E-state index in [1.54, 1.807) is 0 Å². The van der Waals surface area contributed by atoms with Crippen molar-refractivity contribution in [3.8, 4) is 11.5 Å². The molecule has 0 bridgehead atoms. The van der Waals surface area contributed by atoms with E-state index in [1.165, 1.54) is 5.56 Å². The lowest BCUT2D eigenvalue weighted by molar-refractivity contribution is 0.0733. The van der Waals surface area contributed by atoms with Gasteiger partial charge in [0.05, 0.1) is 5.56 Å². The van der Waals surface area contributed by atoms with E-state index < -0.39 is 0 Å². The van der Waals surface area contributed by atoms with Gasteiger partial charge in [-0.25, -0.2) is 0 Å². The van der Waals surface area contributed by atoms with Crippen molar-refractivity contribution in [1.82, 2.24) is 4.90 Å². The Morgan fingerprint density at radius 1 is 1.09 bits per heavy atom. The topological polar surface area (TPSA) is 38.8 Å².